The average Bonchev–Trinajstić information content (AvgIpc) is 2.59. The summed E-state index contributed by atoms with van der Waals surface area (Å²) in [7, 11) is 1.64. The first-order chi connectivity index (χ1) is 7.69. The normalized spacial score (nSPS) is 20.9. The highest BCUT2D eigenvalue weighted by Gasteiger charge is 2.28. The molecule has 1 heterocycles. The number of benzene rings is 1. The summed E-state index contributed by atoms with van der Waals surface area (Å²) in [6.45, 7) is 2.60. The van der Waals surface area contributed by atoms with Gasteiger partial charge >= 0.3 is 5.97 Å². The van der Waals surface area contributed by atoms with Crippen molar-refractivity contribution in [3.8, 4) is 5.75 Å². The SMILES string of the molecule is COc1ccc(CN2OC(=O)CC2C)cc1. The minimum atomic E-state index is -0.152. The first-order valence-electron chi connectivity index (χ1n) is 5.29. The van der Waals surface area contributed by atoms with E-state index in [4.69, 9.17) is 9.57 Å². The highest BCUT2D eigenvalue weighted by atomic mass is 16.7. The van der Waals surface area contributed by atoms with E-state index in [0.29, 0.717) is 13.0 Å². The Balaban J connectivity index is 2.00. The molecule has 0 aliphatic carbocycles. The maximum atomic E-state index is 11.1. The van der Waals surface area contributed by atoms with Crippen molar-refractivity contribution < 1.29 is 14.4 Å². The van der Waals surface area contributed by atoms with Crippen LogP contribution in [0.4, 0.5) is 0 Å². The highest BCUT2D eigenvalue weighted by molar-refractivity contribution is 5.71. The van der Waals surface area contributed by atoms with Gasteiger partial charge in [-0.1, -0.05) is 12.1 Å². The predicted molar refractivity (Wildman–Crippen MR) is 58.7 cm³/mol. The molecule has 0 saturated carbocycles. The second-order valence-electron chi connectivity index (χ2n) is 3.94. The van der Waals surface area contributed by atoms with Crippen LogP contribution in [0.15, 0.2) is 24.3 Å². The van der Waals surface area contributed by atoms with Gasteiger partial charge in [-0.3, -0.25) is 4.79 Å². The minimum absolute atomic E-state index is 0.148. The third-order valence-corrected chi connectivity index (χ3v) is 2.67. The van der Waals surface area contributed by atoms with Crippen LogP contribution in [-0.4, -0.2) is 24.2 Å². The van der Waals surface area contributed by atoms with Gasteiger partial charge in [-0.05, 0) is 24.6 Å². The number of hydrogen-bond donors (Lipinski definition) is 0. The summed E-state index contributed by atoms with van der Waals surface area (Å²) in [5, 5.41) is 1.71. The maximum Gasteiger partial charge on any atom is 0.326 e. The summed E-state index contributed by atoms with van der Waals surface area (Å²) in [5.41, 5.74) is 1.10. The summed E-state index contributed by atoms with van der Waals surface area (Å²) in [6, 6.07) is 7.89. The lowest BCUT2D eigenvalue weighted by molar-refractivity contribution is -0.177. The molecular weight excluding hydrogens is 206 g/mol. The van der Waals surface area contributed by atoms with Gasteiger partial charge in [0.15, 0.2) is 0 Å². The molecule has 2 rings (SSSR count). The molecule has 1 saturated heterocycles. The number of rotatable bonds is 3. The first kappa shape index (κ1) is 11.0. The molecule has 0 spiro atoms. The Kier molecular flexibility index (Phi) is 3.10. The fourth-order valence-electron chi connectivity index (χ4n) is 1.70. The molecule has 0 bridgehead atoms. The van der Waals surface area contributed by atoms with Gasteiger partial charge in [0, 0.05) is 0 Å². The van der Waals surface area contributed by atoms with E-state index in [1.165, 1.54) is 0 Å². The molecule has 0 amide bonds. The number of ether oxygens (including phenoxy) is 1. The van der Waals surface area contributed by atoms with E-state index in [1.54, 1.807) is 12.2 Å². The molecule has 0 radical (unpaired) electrons. The molecule has 1 atom stereocenters. The van der Waals surface area contributed by atoms with Gasteiger partial charge in [-0.25, -0.2) is 0 Å². The number of carbonyl (C=O) groups is 1. The molecule has 1 aromatic rings. The molecule has 4 nitrogen and oxygen atoms in total. The number of nitrogens with zero attached hydrogens (tertiary/aromatic N) is 1. The maximum absolute atomic E-state index is 11.1. The lowest BCUT2D eigenvalue weighted by Crippen LogP contribution is -2.24. The minimum Gasteiger partial charge on any atom is -0.497 e. The summed E-state index contributed by atoms with van der Waals surface area (Å²) >= 11 is 0. The third kappa shape index (κ3) is 2.33. The van der Waals surface area contributed by atoms with E-state index in [0.717, 1.165) is 11.3 Å². The van der Waals surface area contributed by atoms with Crippen molar-refractivity contribution in [2.24, 2.45) is 0 Å². The lowest BCUT2D eigenvalue weighted by atomic mass is 10.2. The standard InChI is InChI=1S/C12H15NO3/c1-9-7-12(14)16-13(9)8-10-3-5-11(15-2)6-4-10/h3-6,9H,7-8H2,1-2H3. The summed E-state index contributed by atoms with van der Waals surface area (Å²) < 4.78 is 5.08. The average molecular weight is 221 g/mol. The highest BCUT2D eigenvalue weighted by Crippen LogP contribution is 2.19. The van der Waals surface area contributed by atoms with Crippen LogP contribution >= 0.6 is 0 Å². The fraction of sp³-hybridized carbons (Fsp3) is 0.417. The molecule has 0 N–H and O–H groups in total. The lowest BCUT2D eigenvalue weighted by Gasteiger charge is -2.17. The topological polar surface area (TPSA) is 38.8 Å². The zero-order chi connectivity index (χ0) is 11.5. The van der Waals surface area contributed by atoms with E-state index in [-0.39, 0.29) is 12.0 Å². The van der Waals surface area contributed by atoms with Crippen LogP contribution in [0.25, 0.3) is 0 Å². The van der Waals surface area contributed by atoms with Crippen molar-refractivity contribution in [3.05, 3.63) is 29.8 Å². The predicted octanol–water partition coefficient (Wildman–Crippen LogP) is 1.75. The van der Waals surface area contributed by atoms with Crippen molar-refractivity contribution in [3.63, 3.8) is 0 Å². The van der Waals surface area contributed by atoms with Crippen LogP contribution in [0.3, 0.4) is 0 Å². The first-order valence-corrected chi connectivity index (χ1v) is 5.29. The molecule has 1 unspecified atom stereocenters. The third-order valence-electron chi connectivity index (χ3n) is 2.67. The molecule has 16 heavy (non-hydrogen) atoms. The number of carbonyl (C=O) groups excluding carboxylic acids is 1. The Bertz CT molecular complexity index is 374. The van der Waals surface area contributed by atoms with Crippen LogP contribution in [0.5, 0.6) is 5.75 Å². The smallest absolute Gasteiger partial charge is 0.326 e. The fourth-order valence-corrected chi connectivity index (χ4v) is 1.70. The molecule has 86 valence electrons. The molecular formula is C12H15NO3. The van der Waals surface area contributed by atoms with Crippen LogP contribution in [0, 0.1) is 0 Å². The van der Waals surface area contributed by atoms with E-state index >= 15 is 0 Å². The molecule has 0 aromatic heterocycles. The van der Waals surface area contributed by atoms with Gasteiger partial charge in [-0.2, -0.15) is 0 Å². The molecule has 1 aliphatic heterocycles. The van der Waals surface area contributed by atoms with Gasteiger partial charge < -0.3 is 9.57 Å². The van der Waals surface area contributed by atoms with Crippen molar-refractivity contribution >= 4 is 5.97 Å². The second-order valence-corrected chi connectivity index (χ2v) is 3.94. The molecule has 1 fully saturated rings. The molecule has 1 aromatic carbocycles. The Morgan fingerprint density at radius 2 is 2.12 bits per heavy atom. The summed E-state index contributed by atoms with van der Waals surface area (Å²) in [5.74, 6) is 0.677. The van der Waals surface area contributed by atoms with E-state index in [1.807, 2.05) is 31.2 Å². The second kappa shape index (κ2) is 4.53. The number of hydrogen-bond acceptors (Lipinski definition) is 4. The van der Waals surface area contributed by atoms with Gasteiger partial charge in [0.1, 0.15) is 5.75 Å². The van der Waals surface area contributed by atoms with Gasteiger partial charge in [0.05, 0.1) is 26.1 Å². The van der Waals surface area contributed by atoms with Crippen LogP contribution in [0.2, 0.25) is 0 Å². The van der Waals surface area contributed by atoms with Crippen LogP contribution < -0.4 is 4.74 Å². The Morgan fingerprint density at radius 3 is 2.62 bits per heavy atom. The van der Waals surface area contributed by atoms with Gasteiger partial charge in [-0.15, -0.1) is 5.06 Å². The van der Waals surface area contributed by atoms with E-state index in [9.17, 15) is 4.79 Å². The van der Waals surface area contributed by atoms with E-state index in [2.05, 4.69) is 0 Å². The largest absolute Gasteiger partial charge is 0.497 e. The van der Waals surface area contributed by atoms with Crippen molar-refractivity contribution in [2.75, 3.05) is 7.11 Å². The van der Waals surface area contributed by atoms with Crippen LogP contribution in [-0.2, 0) is 16.2 Å². The van der Waals surface area contributed by atoms with E-state index < -0.39 is 0 Å². The Hall–Kier alpha value is -1.55. The number of methoxy groups -OCH3 is 1. The van der Waals surface area contributed by atoms with Crippen LogP contribution in [0.1, 0.15) is 18.9 Å². The Morgan fingerprint density at radius 1 is 1.44 bits per heavy atom. The number of hydroxylamine groups is 2. The zero-order valence-corrected chi connectivity index (χ0v) is 9.47. The molecule has 4 heteroatoms. The van der Waals surface area contributed by atoms with Gasteiger partial charge in [0.2, 0.25) is 0 Å². The summed E-state index contributed by atoms with van der Waals surface area (Å²) in [4.78, 5) is 16.2. The van der Waals surface area contributed by atoms with Crippen molar-refractivity contribution in [1.29, 1.82) is 0 Å². The zero-order valence-electron chi connectivity index (χ0n) is 9.47. The Labute approximate surface area is 94.7 Å². The quantitative estimate of drug-likeness (QED) is 0.779. The summed E-state index contributed by atoms with van der Waals surface area (Å²) in [6.07, 6.45) is 0.468. The van der Waals surface area contributed by atoms with Crippen molar-refractivity contribution in [1.82, 2.24) is 5.06 Å². The molecule has 1 aliphatic rings. The van der Waals surface area contributed by atoms with Crippen molar-refractivity contribution in [2.45, 2.75) is 25.9 Å². The monoisotopic (exact) mass is 221 g/mol. The van der Waals surface area contributed by atoms with Gasteiger partial charge in [0.25, 0.3) is 0 Å².